The highest BCUT2D eigenvalue weighted by Gasteiger charge is 2.34. The van der Waals surface area contributed by atoms with Gasteiger partial charge in [-0.15, -0.1) is 0 Å². The molecule has 0 aromatic heterocycles. The van der Waals surface area contributed by atoms with Crippen molar-refractivity contribution in [1.29, 1.82) is 0 Å². The van der Waals surface area contributed by atoms with E-state index in [1.165, 1.54) is 13.3 Å². The zero-order valence-electron chi connectivity index (χ0n) is 22.3. The van der Waals surface area contributed by atoms with Crippen molar-refractivity contribution in [2.45, 2.75) is 117 Å². The third-order valence-corrected chi connectivity index (χ3v) is 6.13. The summed E-state index contributed by atoms with van der Waals surface area (Å²) in [6.45, 7) is 6.71. The number of rotatable bonds is 15. The maximum absolute atomic E-state index is 12.8. The van der Waals surface area contributed by atoms with E-state index < -0.39 is 24.1 Å². The van der Waals surface area contributed by atoms with Gasteiger partial charge in [0.05, 0.1) is 18.4 Å². The van der Waals surface area contributed by atoms with Gasteiger partial charge >= 0.3 is 24.1 Å². The van der Waals surface area contributed by atoms with Gasteiger partial charge in [0, 0.05) is 6.92 Å². The highest BCUT2D eigenvalue weighted by Crippen LogP contribution is 2.35. The lowest BCUT2D eigenvalue weighted by atomic mass is 9.75. The lowest BCUT2D eigenvalue weighted by Crippen LogP contribution is -2.30. The highest BCUT2D eigenvalue weighted by molar-refractivity contribution is 5.74. The Bertz CT molecular complexity index is 701. The number of carbonyl (C=O) groups is 4. The average Bonchev–Trinajstić information content (AvgIpc) is 2.83. The Hall–Kier alpha value is -2.58. The molecule has 9 heteroatoms. The third-order valence-electron chi connectivity index (χ3n) is 6.13. The van der Waals surface area contributed by atoms with Gasteiger partial charge in [-0.05, 0) is 51.4 Å². The van der Waals surface area contributed by atoms with Crippen molar-refractivity contribution in [3.63, 3.8) is 0 Å². The van der Waals surface area contributed by atoms with Gasteiger partial charge in [0.2, 0.25) is 0 Å². The van der Waals surface area contributed by atoms with Crippen LogP contribution in [0.15, 0.2) is 12.2 Å². The third kappa shape index (κ3) is 14.7. The Balaban J connectivity index is 2.43. The minimum absolute atomic E-state index is 0.0714. The average molecular weight is 513 g/mol. The quantitative estimate of drug-likeness (QED) is 0.0793. The lowest BCUT2D eigenvalue weighted by Gasteiger charge is -2.30. The molecule has 0 spiro atoms. The molecule has 36 heavy (non-hydrogen) atoms. The zero-order valence-corrected chi connectivity index (χ0v) is 22.3. The first-order chi connectivity index (χ1) is 17.2. The lowest BCUT2D eigenvalue weighted by molar-refractivity contribution is -0.257. The van der Waals surface area contributed by atoms with Gasteiger partial charge in [-0.2, -0.15) is 4.79 Å². The predicted molar refractivity (Wildman–Crippen MR) is 132 cm³/mol. The zero-order chi connectivity index (χ0) is 26.8. The number of hydrogen-bond acceptors (Lipinski definition) is 9. The Morgan fingerprint density at radius 1 is 0.806 bits per heavy atom. The van der Waals surface area contributed by atoms with Crippen LogP contribution >= 0.6 is 0 Å². The van der Waals surface area contributed by atoms with Crippen molar-refractivity contribution < 1.29 is 43.5 Å². The summed E-state index contributed by atoms with van der Waals surface area (Å²) in [5.41, 5.74) is 0. The maximum atomic E-state index is 12.8. The van der Waals surface area contributed by atoms with Crippen molar-refractivity contribution in [2.24, 2.45) is 17.8 Å². The molecule has 1 rings (SSSR count). The van der Waals surface area contributed by atoms with E-state index in [9.17, 15) is 19.2 Å². The molecule has 0 saturated heterocycles. The maximum Gasteiger partial charge on any atom is 0.550 e. The summed E-state index contributed by atoms with van der Waals surface area (Å²) in [7, 11) is 0. The van der Waals surface area contributed by atoms with Crippen LogP contribution in [-0.2, 0) is 38.7 Å². The fourth-order valence-corrected chi connectivity index (χ4v) is 4.30. The number of carbonyl (C=O) groups excluding carboxylic acids is 4. The van der Waals surface area contributed by atoms with Crippen LogP contribution in [-0.4, -0.2) is 30.2 Å². The van der Waals surface area contributed by atoms with Gasteiger partial charge in [-0.1, -0.05) is 70.4 Å². The Morgan fingerprint density at radius 2 is 1.47 bits per heavy atom. The Labute approximate surface area is 215 Å². The summed E-state index contributed by atoms with van der Waals surface area (Å²) in [4.78, 5) is 64.4. The molecule has 0 bridgehead atoms. The molecule has 0 fully saturated rings. The number of hydrogen-bond donors (Lipinski definition) is 0. The van der Waals surface area contributed by atoms with Gasteiger partial charge in [-0.25, -0.2) is 33.9 Å². The minimum atomic E-state index is -1.01. The van der Waals surface area contributed by atoms with E-state index in [1.807, 2.05) is 0 Å². The van der Waals surface area contributed by atoms with Gasteiger partial charge in [0.25, 0.3) is 0 Å². The van der Waals surface area contributed by atoms with E-state index in [-0.39, 0.29) is 30.3 Å². The van der Waals surface area contributed by atoms with Crippen molar-refractivity contribution in [3.05, 3.63) is 12.2 Å². The van der Waals surface area contributed by atoms with E-state index in [0.717, 1.165) is 57.8 Å². The van der Waals surface area contributed by atoms with Crippen molar-refractivity contribution >= 4 is 24.1 Å². The summed E-state index contributed by atoms with van der Waals surface area (Å²) < 4.78 is 4.86. The molecular weight excluding hydrogens is 468 g/mol. The summed E-state index contributed by atoms with van der Waals surface area (Å²) in [5.74, 6) is -1.73. The van der Waals surface area contributed by atoms with E-state index in [2.05, 4.69) is 33.7 Å². The molecule has 0 aromatic rings. The topological polar surface area (TPSA) is 114 Å². The van der Waals surface area contributed by atoms with Gasteiger partial charge in [0.15, 0.2) is 0 Å². The molecule has 0 N–H and O–H groups in total. The molecule has 0 heterocycles. The van der Waals surface area contributed by atoms with Crippen molar-refractivity contribution in [2.75, 3.05) is 0 Å². The number of unbranched alkanes of at least 4 members (excludes halogenated alkanes) is 7. The van der Waals surface area contributed by atoms with Crippen LogP contribution in [0.5, 0.6) is 0 Å². The largest absolute Gasteiger partial charge is 0.550 e. The summed E-state index contributed by atoms with van der Waals surface area (Å²) in [6.07, 6.45) is 14.8. The summed E-state index contributed by atoms with van der Waals surface area (Å²) in [5, 5.41) is 0. The Morgan fingerprint density at radius 3 is 2.17 bits per heavy atom. The first kappa shape index (κ1) is 31.4. The second kappa shape index (κ2) is 18.7. The van der Waals surface area contributed by atoms with Gasteiger partial charge in [0.1, 0.15) is 0 Å². The van der Waals surface area contributed by atoms with Crippen LogP contribution in [0.2, 0.25) is 0 Å². The second-order valence-corrected chi connectivity index (χ2v) is 9.74. The number of allylic oxidation sites excluding steroid dienone is 2. The van der Waals surface area contributed by atoms with E-state index in [4.69, 9.17) is 9.62 Å². The Kier molecular flexibility index (Phi) is 16.3. The summed E-state index contributed by atoms with van der Waals surface area (Å²) >= 11 is 0. The van der Waals surface area contributed by atoms with E-state index in [1.54, 1.807) is 13.8 Å². The smallest absolute Gasteiger partial charge is 0.429 e. The van der Waals surface area contributed by atoms with Crippen LogP contribution in [0, 0.1) is 17.8 Å². The fraction of sp³-hybridized carbons (Fsp3) is 0.778. The normalized spacial score (nSPS) is 19.0. The molecule has 0 saturated carbocycles. The van der Waals surface area contributed by atoms with E-state index >= 15 is 0 Å². The number of ether oxygens (including phenoxy) is 1. The van der Waals surface area contributed by atoms with Crippen molar-refractivity contribution in [3.8, 4) is 0 Å². The molecule has 0 aromatic carbocycles. The second-order valence-electron chi connectivity index (χ2n) is 9.74. The molecule has 0 radical (unpaired) electrons. The van der Waals surface area contributed by atoms with Gasteiger partial charge in [-0.3, -0.25) is 0 Å². The SMILES string of the molecule is CCCCCCC1C=CC(CCCCCCCC(=O)OOC(C)=O)CC1C(=O)OOC(=O)OC(C)C. The predicted octanol–water partition coefficient (Wildman–Crippen LogP) is 6.54. The van der Waals surface area contributed by atoms with Crippen LogP contribution < -0.4 is 0 Å². The molecule has 0 aliphatic heterocycles. The highest BCUT2D eigenvalue weighted by atomic mass is 17.2. The molecule has 9 nitrogen and oxygen atoms in total. The monoisotopic (exact) mass is 512 g/mol. The van der Waals surface area contributed by atoms with Crippen LogP contribution in [0.25, 0.3) is 0 Å². The fourth-order valence-electron chi connectivity index (χ4n) is 4.30. The molecule has 3 atom stereocenters. The first-order valence-corrected chi connectivity index (χ1v) is 13.4. The molecular formula is C27H44O9. The molecule has 206 valence electrons. The molecule has 3 unspecified atom stereocenters. The molecule has 1 aliphatic carbocycles. The van der Waals surface area contributed by atoms with Crippen molar-refractivity contribution in [1.82, 2.24) is 0 Å². The van der Waals surface area contributed by atoms with E-state index in [0.29, 0.717) is 12.8 Å². The molecule has 0 amide bonds. The standard InChI is InChI=1S/C27H44O9/c1-5-6-7-12-15-23-18-17-22(19-24(23)26(30)35-36-27(31)32-20(2)3)14-11-9-8-10-13-16-25(29)34-33-21(4)28/h17-18,20,22-24H,5-16,19H2,1-4H3. The molecule has 1 aliphatic rings. The summed E-state index contributed by atoms with van der Waals surface area (Å²) in [6, 6.07) is 0. The van der Waals surface area contributed by atoms with Gasteiger partial charge < -0.3 is 4.74 Å². The van der Waals surface area contributed by atoms with Crippen LogP contribution in [0.4, 0.5) is 4.79 Å². The van der Waals surface area contributed by atoms with Crippen LogP contribution in [0.1, 0.15) is 111 Å². The van der Waals surface area contributed by atoms with Crippen LogP contribution in [0.3, 0.4) is 0 Å². The minimum Gasteiger partial charge on any atom is -0.429 e. The first-order valence-electron chi connectivity index (χ1n) is 13.4.